The third-order valence-corrected chi connectivity index (χ3v) is 2.59. The lowest BCUT2D eigenvalue weighted by Crippen LogP contribution is -2.26. The molecule has 0 aromatic carbocycles. The van der Waals surface area contributed by atoms with Crippen LogP contribution in [-0.4, -0.2) is 52.0 Å². The van der Waals surface area contributed by atoms with E-state index in [1.807, 2.05) is 0 Å². The van der Waals surface area contributed by atoms with Gasteiger partial charge in [0.25, 0.3) is 0 Å². The van der Waals surface area contributed by atoms with Crippen molar-refractivity contribution in [1.29, 1.82) is 0 Å². The molecule has 3 nitrogen and oxygen atoms in total. The van der Waals surface area contributed by atoms with Crippen LogP contribution in [0.25, 0.3) is 0 Å². The van der Waals surface area contributed by atoms with Gasteiger partial charge in [0.05, 0.1) is 0 Å². The van der Waals surface area contributed by atoms with Crippen molar-refractivity contribution in [3.63, 3.8) is 0 Å². The summed E-state index contributed by atoms with van der Waals surface area (Å²) in [6.07, 6.45) is 4.83. The van der Waals surface area contributed by atoms with E-state index in [1.165, 1.54) is 38.8 Å². The molecule has 0 saturated heterocycles. The van der Waals surface area contributed by atoms with E-state index >= 15 is 0 Å². The van der Waals surface area contributed by atoms with E-state index < -0.39 is 0 Å². The van der Waals surface area contributed by atoms with Crippen LogP contribution in [0, 0.1) is 0 Å². The fraction of sp³-hybridized carbons (Fsp3) is 1.00. The molecular formula is C12H27NO2. The van der Waals surface area contributed by atoms with Crippen LogP contribution in [0.5, 0.6) is 0 Å². The Morgan fingerprint density at radius 3 is 1.60 bits per heavy atom. The van der Waals surface area contributed by atoms with Gasteiger partial charge in [0.1, 0.15) is 0 Å². The van der Waals surface area contributed by atoms with Crippen molar-refractivity contribution in [3.8, 4) is 0 Å². The van der Waals surface area contributed by atoms with Gasteiger partial charge in [0.2, 0.25) is 0 Å². The minimum Gasteiger partial charge on any atom is -0.385 e. The summed E-state index contributed by atoms with van der Waals surface area (Å²) < 4.78 is 10.1. The molecule has 15 heavy (non-hydrogen) atoms. The van der Waals surface area contributed by atoms with Crippen LogP contribution in [0.4, 0.5) is 0 Å². The van der Waals surface area contributed by atoms with Crippen molar-refractivity contribution < 1.29 is 9.47 Å². The molecule has 92 valence electrons. The van der Waals surface area contributed by atoms with Gasteiger partial charge in [-0.3, -0.25) is 0 Å². The Hall–Kier alpha value is -0.120. The number of hydrogen-bond acceptors (Lipinski definition) is 3. The van der Waals surface area contributed by atoms with Gasteiger partial charge in [-0.1, -0.05) is 6.92 Å². The number of unbranched alkanes of at least 4 members (excludes halogenated alkanes) is 2. The summed E-state index contributed by atoms with van der Waals surface area (Å²) in [4.78, 5) is 2.51. The zero-order chi connectivity index (χ0) is 11.4. The molecule has 0 aliphatic carbocycles. The third-order valence-electron chi connectivity index (χ3n) is 2.59. The molecule has 0 rings (SSSR count). The first-order valence-electron chi connectivity index (χ1n) is 6.05. The molecule has 0 unspecified atom stereocenters. The summed E-state index contributed by atoms with van der Waals surface area (Å²) in [7, 11) is 3.53. The summed E-state index contributed by atoms with van der Waals surface area (Å²) in [6.45, 7) is 7.56. The number of ether oxygens (including phenoxy) is 2. The number of rotatable bonds is 11. The van der Waals surface area contributed by atoms with Crippen molar-refractivity contribution in [3.05, 3.63) is 0 Å². The Bertz CT molecular complexity index is 108. The molecule has 0 radical (unpaired) electrons. The zero-order valence-electron chi connectivity index (χ0n) is 10.6. The van der Waals surface area contributed by atoms with E-state index in [4.69, 9.17) is 9.47 Å². The third kappa shape index (κ3) is 10.2. The maximum absolute atomic E-state index is 5.04. The lowest BCUT2D eigenvalue weighted by molar-refractivity contribution is 0.176. The summed E-state index contributed by atoms with van der Waals surface area (Å²) >= 11 is 0. The number of hydrogen-bond donors (Lipinski definition) is 0. The summed E-state index contributed by atoms with van der Waals surface area (Å²) in [5.74, 6) is 0. The average Bonchev–Trinajstić information content (AvgIpc) is 2.27. The van der Waals surface area contributed by atoms with Gasteiger partial charge in [0, 0.05) is 27.4 Å². The van der Waals surface area contributed by atoms with E-state index in [1.54, 1.807) is 14.2 Å². The Morgan fingerprint density at radius 2 is 1.27 bits per heavy atom. The van der Waals surface area contributed by atoms with E-state index in [2.05, 4.69) is 11.8 Å². The smallest absolute Gasteiger partial charge is 0.0462 e. The largest absolute Gasteiger partial charge is 0.385 e. The van der Waals surface area contributed by atoms with Crippen LogP contribution in [0.2, 0.25) is 0 Å². The molecule has 0 heterocycles. The highest BCUT2D eigenvalue weighted by molar-refractivity contribution is 4.56. The number of methoxy groups -OCH3 is 2. The monoisotopic (exact) mass is 217 g/mol. The van der Waals surface area contributed by atoms with Crippen LogP contribution in [0.3, 0.4) is 0 Å². The van der Waals surface area contributed by atoms with Crippen LogP contribution in [0.1, 0.15) is 32.6 Å². The van der Waals surface area contributed by atoms with Gasteiger partial charge in [-0.2, -0.15) is 0 Å². The van der Waals surface area contributed by atoms with Crippen molar-refractivity contribution in [1.82, 2.24) is 4.90 Å². The maximum atomic E-state index is 5.04. The lowest BCUT2D eigenvalue weighted by atomic mass is 10.2. The number of nitrogens with zero attached hydrogens (tertiary/aromatic N) is 1. The molecule has 0 atom stereocenters. The molecule has 0 aliphatic heterocycles. The van der Waals surface area contributed by atoms with Crippen molar-refractivity contribution in [2.75, 3.05) is 47.1 Å². The molecular weight excluding hydrogens is 190 g/mol. The molecule has 0 aromatic heterocycles. The first-order chi connectivity index (χ1) is 7.35. The fourth-order valence-corrected chi connectivity index (χ4v) is 1.59. The predicted molar refractivity (Wildman–Crippen MR) is 64.3 cm³/mol. The molecule has 0 amide bonds. The first kappa shape index (κ1) is 14.9. The van der Waals surface area contributed by atoms with Crippen molar-refractivity contribution in [2.45, 2.75) is 32.6 Å². The summed E-state index contributed by atoms with van der Waals surface area (Å²) in [6, 6.07) is 0. The average molecular weight is 217 g/mol. The first-order valence-corrected chi connectivity index (χ1v) is 6.05. The molecule has 0 saturated carbocycles. The van der Waals surface area contributed by atoms with E-state index in [0.717, 1.165) is 19.8 Å². The SMILES string of the molecule is CCN(CCCCOC)CCCCOC. The quantitative estimate of drug-likeness (QED) is 0.495. The summed E-state index contributed by atoms with van der Waals surface area (Å²) in [5, 5.41) is 0. The highest BCUT2D eigenvalue weighted by Crippen LogP contribution is 1.99. The van der Waals surface area contributed by atoms with Gasteiger partial charge in [-0.05, 0) is 45.3 Å². The second-order valence-electron chi connectivity index (χ2n) is 3.83. The van der Waals surface area contributed by atoms with Gasteiger partial charge in [-0.25, -0.2) is 0 Å². The Labute approximate surface area is 94.7 Å². The topological polar surface area (TPSA) is 21.7 Å². The molecule has 0 spiro atoms. The summed E-state index contributed by atoms with van der Waals surface area (Å²) in [5.41, 5.74) is 0. The fourth-order valence-electron chi connectivity index (χ4n) is 1.59. The Kier molecular flexibility index (Phi) is 11.9. The van der Waals surface area contributed by atoms with Crippen LogP contribution in [-0.2, 0) is 9.47 Å². The zero-order valence-corrected chi connectivity index (χ0v) is 10.6. The minimum atomic E-state index is 0.890. The maximum Gasteiger partial charge on any atom is 0.0462 e. The molecule has 0 aliphatic rings. The van der Waals surface area contributed by atoms with Crippen LogP contribution < -0.4 is 0 Å². The van der Waals surface area contributed by atoms with Crippen molar-refractivity contribution >= 4 is 0 Å². The van der Waals surface area contributed by atoms with E-state index in [9.17, 15) is 0 Å². The molecule has 0 N–H and O–H groups in total. The predicted octanol–water partition coefficient (Wildman–Crippen LogP) is 2.16. The standard InChI is InChI=1S/C12H27NO2/c1-4-13(9-5-7-11-14-2)10-6-8-12-15-3/h4-12H2,1-3H3. The molecule has 0 fully saturated rings. The minimum absolute atomic E-state index is 0.890. The van der Waals surface area contributed by atoms with Crippen LogP contribution >= 0.6 is 0 Å². The van der Waals surface area contributed by atoms with Gasteiger partial charge < -0.3 is 14.4 Å². The normalized spacial score (nSPS) is 11.2. The van der Waals surface area contributed by atoms with Crippen molar-refractivity contribution in [2.24, 2.45) is 0 Å². The van der Waals surface area contributed by atoms with E-state index in [-0.39, 0.29) is 0 Å². The second kappa shape index (κ2) is 12.0. The highest BCUT2D eigenvalue weighted by Gasteiger charge is 2.01. The van der Waals surface area contributed by atoms with Gasteiger partial charge in [0.15, 0.2) is 0 Å². The molecule has 0 aromatic rings. The highest BCUT2D eigenvalue weighted by atomic mass is 16.5. The molecule has 0 bridgehead atoms. The van der Waals surface area contributed by atoms with Crippen LogP contribution in [0.15, 0.2) is 0 Å². The lowest BCUT2D eigenvalue weighted by Gasteiger charge is -2.19. The van der Waals surface area contributed by atoms with E-state index in [0.29, 0.717) is 0 Å². The van der Waals surface area contributed by atoms with Gasteiger partial charge >= 0.3 is 0 Å². The Morgan fingerprint density at radius 1 is 0.800 bits per heavy atom. The Balaban J connectivity index is 3.29. The molecule has 3 heteroatoms. The van der Waals surface area contributed by atoms with Gasteiger partial charge in [-0.15, -0.1) is 0 Å². The second-order valence-corrected chi connectivity index (χ2v) is 3.83.